The Kier molecular flexibility index (Phi) is 6.33. The third kappa shape index (κ3) is 3.93. The van der Waals surface area contributed by atoms with Crippen LogP contribution in [-0.4, -0.2) is 76.4 Å². The monoisotopic (exact) mass is 410 g/mol. The molecule has 1 saturated heterocycles. The molecule has 1 saturated carbocycles. The maximum Gasteiger partial charge on any atom is 0.334 e. The number of rotatable bonds is 6. The molecule has 8 heteroatoms. The van der Waals surface area contributed by atoms with Crippen molar-refractivity contribution in [2.75, 3.05) is 13.2 Å². The highest BCUT2D eigenvalue weighted by atomic mass is 16.7. The summed E-state index contributed by atoms with van der Waals surface area (Å²) in [5.74, 6) is -0.360. The lowest BCUT2D eigenvalue weighted by molar-refractivity contribution is -0.299. The summed E-state index contributed by atoms with van der Waals surface area (Å²) in [4.78, 5) is 11.9. The molecule has 0 unspecified atom stereocenters. The van der Waals surface area contributed by atoms with Crippen molar-refractivity contribution in [3.8, 4) is 0 Å². The van der Waals surface area contributed by atoms with Gasteiger partial charge in [0.05, 0.1) is 13.2 Å². The molecule has 2 aliphatic heterocycles. The molecule has 0 amide bonds. The van der Waals surface area contributed by atoms with Gasteiger partial charge < -0.3 is 34.6 Å². The Morgan fingerprint density at radius 1 is 1.31 bits per heavy atom. The van der Waals surface area contributed by atoms with Crippen molar-refractivity contribution < 1.29 is 39.4 Å². The molecule has 4 N–H and O–H groups in total. The van der Waals surface area contributed by atoms with Crippen molar-refractivity contribution in [3.63, 3.8) is 0 Å². The van der Waals surface area contributed by atoms with E-state index in [0.29, 0.717) is 18.4 Å². The van der Waals surface area contributed by atoms with E-state index in [-0.39, 0.29) is 30.0 Å². The number of aliphatic hydroxyl groups is 4. The lowest BCUT2D eigenvalue weighted by Gasteiger charge is -2.44. The minimum Gasteiger partial charge on any atom is -0.454 e. The number of hydrogen-bond acceptors (Lipinski definition) is 8. The van der Waals surface area contributed by atoms with Crippen LogP contribution in [-0.2, 0) is 19.0 Å². The number of hydrogen-bond donors (Lipinski definition) is 4. The lowest BCUT2D eigenvalue weighted by Crippen LogP contribution is -2.59. The van der Waals surface area contributed by atoms with Crippen molar-refractivity contribution in [2.24, 2.45) is 11.3 Å². The van der Waals surface area contributed by atoms with Crippen molar-refractivity contribution in [1.29, 1.82) is 0 Å². The molecular weight excluding hydrogens is 380 g/mol. The highest BCUT2D eigenvalue weighted by molar-refractivity contribution is 5.91. The standard InChI is InChI=1S/C21H30O8/c1-5-21(4)7-14-12(11(3)19(26)28-14)6-13(21)10(2)9-27-20-18(25)17(24)16(23)15(8-22)29-20/h5,13-18,20,22-25H,1-2,6-9H2,3-4H3/t13-,14-,15+,16-,17-,18+,20+,21+/m0/s1. The second-order valence-corrected chi connectivity index (χ2v) is 8.38. The summed E-state index contributed by atoms with van der Waals surface area (Å²) in [6.07, 6.45) is -3.88. The zero-order chi connectivity index (χ0) is 21.5. The zero-order valence-electron chi connectivity index (χ0n) is 16.8. The minimum atomic E-state index is -1.50. The van der Waals surface area contributed by atoms with Crippen LogP contribution in [0.15, 0.2) is 36.0 Å². The average Bonchev–Trinajstić information content (AvgIpc) is 2.97. The first kappa shape index (κ1) is 22.1. The molecule has 2 heterocycles. The fourth-order valence-electron chi connectivity index (χ4n) is 4.44. The molecular formula is C21H30O8. The van der Waals surface area contributed by atoms with Crippen molar-refractivity contribution in [3.05, 3.63) is 36.0 Å². The Labute approximate surface area is 170 Å². The van der Waals surface area contributed by atoms with Crippen molar-refractivity contribution >= 4 is 5.97 Å². The topological polar surface area (TPSA) is 126 Å². The van der Waals surface area contributed by atoms with Crippen LogP contribution in [0.3, 0.4) is 0 Å². The van der Waals surface area contributed by atoms with E-state index in [4.69, 9.17) is 14.2 Å². The van der Waals surface area contributed by atoms with Crippen LogP contribution >= 0.6 is 0 Å². The molecule has 29 heavy (non-hydrogen) atoms. The first-order valence-corrected chi connectivity index (χ1v) is 9.77. The molecule has 0 aromatic carbocycles. The molecule has 8 atom stereocenters. The molecule has 0 aromatic rings. The van der Waals surface area contributed by atoms with E-state index in [1.165, 1.54) is 0 Å². The summed E-state index contributed by atoms with van der Waals surface area (Å²) in [7, 11) is 0. The van der Waals surface area contributed by atoms with Gasteiger partial charge in [-0.2, -0.15) is 0 Å². The summed E-state index contributed by atoms with van der Waals surface area (Å²) in [6, 6.07) is 0. The van der Waals surface area contributed by atoms with E-state index in [9.17, 15) is 25.2 Å². The van der Waals surface area contributed by atoms with Gasteiger partial charge in [0.2, 0.25) is 0 Å². The summed E-state index contributed by atoms with van der Waals surface area (Å²) in [5, 5.41) is 39.2. The largest absolute Gasteiger partial charge is 0.454 e. The van der Waals surface area contributed by atoms with E-state index in [0.717, 1.165) is 11.1 Å². The second kappa shape index (κ2) is 8.29. The minimum absolute atomic E-state index is 0.0303. The molecule has 162 valence electrons. The van der Waals surface area contributed by atoms with E-state index in [2.05, 4.69) is 13.2 Å². The highest BCUT2D eigenvalue weighted by Crippen LogP contribution is 2.50. The molecule has 3 aliphatic rings. The first-order valence-electron chi connectivity index (χ1n) is 9.77. The number of carbonyl (C=O) groups excluding carboxylic acids is 1. The van der Waals surface area contributed by atoms with E-state index in [1.807, 2.05) is 13.0 Å². The van der Waals surface area contributed by atoms with Gasteiger partial charge >= 0.3 is 5.97 Å². The third-order valence-electron chi connectivity index (χ3n) is 6.51. The Balaban J connectivity index is 1.70. The molecule has 8 nitrogen and oxygen atoms in total. The fourth-order valence-corrected chi connectivity index (χ4v) is 4.44. The maximum absolute atomic E-state index is 11.9. The molecule has 0 radical (unpaired) electrons. The number of fused-ring (bicyclic) bond motifs is 1. The van der Waals surface area contributed by atoms with Gasteiger partial charge in [0, 0.05) is 5.57 Å². The van der Waals surface area contributed by atoms with Gasteiger partial charge in [-0.25, -0.2) is 4.79 Å². The van der Waals surface area contributed by atoms with Crippen molar-refractivity contribution in [1.82, 2.24) is 0 Å². The predicted octanol–water partition coefficient (Wildman–Crippen LogP) is 0.203. The lowest BCUT2D eigenvalue weighted by atomic mass is 9.62. The quantitative estimate of drug-likeness (QED) is 0.362. The number of aliphatic hydroxyl groups excluding tert-OH is 4. The van der Waals surface area contributed by atoms with Crippen LogP contribution in [0, 0.1) is 11.3 Å². The van der Waals surface area contributed by atoms with E-state index >= 15 is 0 Å². The van der Waals surface area contributed by atoms with Gasteiger partial charge in [-0.1, -0.05) is 19.6 Å². The third-order valence-corrected chi connectivity index (χ3v) is 6.51. The normalized spacial score (nSPS) is 42.4. The van der Waals surface area contributed by atoms with Crippen LogP contribution in [0.5, 0.6) is 0 Å². The molecule has 0 bridgehead atoms. The van der Waals surface area contributed by atoms with Crippen LogP contribution in [0.25, 0.3) is 0 Å². The van der Waals surface area contributed by atoms with Crippen LogP contribution in [0.1, 0.15) is 26.7 Å². The van der Waals surface area contributed by atoms with Gasteiger partial charge in [0.15, 0.2) is 6.29 Å². The molecule has 1 aliphatic carbocycles. The molecule has 0 aromatic heterocycles. The smallest absolute Gasteiger partial charge is 0.334 e. The Morgan fingerprint density at radius 3 is 2.62 bits per heavy atom. The number of esters is 1. The summed E-state index contributed by atoms with van der Waals surface area (Å²) in [5.41, 5.74) is 1.96. The predicted molar refractivity (Wildman–Crippen MR) is 102 cm³/mol. The van der Waals surface area contributed by atoms with Gasteiger partial charge in [-0.3, -0.25) is 0 Å². The van der Waals surface area contributed by atoms with Gasteiger partial charge in [0.1, 0.15) is 30.5 Å². The summed E-state index contributed by atoms with van der Waals surface area (Å²) < 4.78 is 16.5. The number of allylic oxidation sites excluding steroid dienone is 1. The molecule has 0 spiro atoms. The van der Waals surface area contributed by atoms with Crippen molar-refractivity contribution in [2.45, 2.75) is 63.5 Å². The average molecular weight is 410 g/mol. The van der Waals surface area contributed by atoms with Crippen LogP contribution < -0.4 is 0 Å². The Bertz CT molecular complexity index is 713. The van der Waals surface area contributed by atoms with E-state index in [1.54, 1.807) is 6.92 Å². The van der Waals surface area contributed by atoms with Gasteiger partial charge in [-0.05, 0) is 42.2 Å². The number of carbonyl (C=O) groups is 1. The highest BCUT2D eigenvalue weighted by Gasteiger charge is 2.48. The SMILES string of the molecule is C=C[C@]1(C)C[C@@H]2OC(=O)C(C)=C2C[C@H]1C(=C)CO[C@@H]1O[C@H](CO)[C@H](O)[C@H](O)[C@H]1O. The number of ether oxygens (including phenoxy) is 3. The van der Waals surface area contributed by atoms with Gasteiger partial charge in [0.25, 0.3) is 0 Å². The maximum atomic E-state index is 11.9. The molecule has 3 rings (SSSR count). The Morgan fingerprint density at radius 2 is 2.00 bits per heavy atom. The second-order valence-electron chi connectivity index (χ2n) is 8.38. The first-order chi connectivity index (χ1) is 13.6. The van der Waals surface area contributed by atoms with Crippen LogP contribution in [0.2, 0.25) is 0 Å². The zero-order valence-corrected chi connectivity index (χ0v) is 16.8. The van der Waals surface area contributed by atoms with E-state index < -0.39 is 37.3 Å². The Hall–Kier alpha value is -1.55. The van der Waals surface area contributed by atoms with Crippen LogP contribution in [0.4, 0.5) is 0 Å². The summed E-state index contributed by atoms with van der Waals surface area (Å²) in [6.45, 7) is 11.4. The summed E-state index contributed by atoms with van der Waals surface area (Å²) >= 11 is 0. The van der Waals surface area contributed by atoms with Gasteiger partial charge in [-0.15, -0.1) is 6.58 Å². The fraction of sp³-hybridized carbons (Fsp3) is 0.667. The molecule has 2 fully saturated rings.